The van der Waals surface area contributed by atoms with Crippen LogP contribution < -0.4 is 0 Å². The molecule has 0 aromatic rings. The van der Waals surface area contributed by atoms with Gasteiger partial charge in [0.15, 0.2) is 0 Å². The van der Waals surface area contributed by atoms with Gasteiger partial charge in [-0.15, -0.1) is 0 Å². The molecule has 0 saturated heterocycles. The van der Waals surface area contributed by atoms with E-state index in [0.29, 0.717) is 0 Å². The fraction of sp³-hybridized carbons (Fsp3) is 0.929. The zero-order valence-corrected chi connectivity index (χ0v) is 9.51. The lowest BCUT2D eigenvalue weighted by Crippen LogP contribution is -2.07. The molecule has 0 heteroatoms. The fourth-order valence-electron chi connectivity index (χ4n) is 3.24. The molecule has 0 heterocycles. The molecule has 2 fully saturated rings. The van der Waals surface area contributed by atoms with Crippen molar-refractivity contribution in [1.82, 2.24) is 0 Å². The standard InChI is InChI=1S/C14H25/c1-2-7-13(8-3-1)11-6-12-14-9-4-5-10-14/h6,13-14H,1-5,7-12H2. The van der Waals surface area contributed by atoms with E-state index in [-0.39, 0.29) is 0 Å². The summed E-state index contributed by atoms with van der Waals surface area (Å²) < 4.78 is 0. The van der Waals surface area contributed by atoms with Gasteiger partial charge >= 0.3 is 0 Å². The van der Waals surface area contributed by atoms with Gasteiger partial charge in [0.2, 0.25) is 0 Å². The lowest BCUT2D eigenvalue weighted by molar-refractivity contribution is 0.347. The largest absolute Gasteiger partial charge is 0.0533 e. The van der Waals surface area contributed by atoms with Gasteiger partial charge in [0.05, 0.1) is 0 Å². The average molecular weight is 193 g/mol. The van der Waals surface area contributed by atoms with Crippen molar-refractivity contribution in [2.45, 2.75) is 70.6 Å². The fourth-order valence-corrected chi connectivity index (χ4v) is 3.24. The van der Waals surface area contributed by atoms with Gasteiger partial charge in [-0.2, -0.15) is 0 Å². The molecule has 0 bridgehead atoms. The molecule has 0 nitrogen and oxygen atoms in total. The maximum atomic E-state index is 2.62. The van der Waals surface area contributed by atoms with E-state index in [1.54, 1.807) is 0 Å². The van der Waals surface area contributed by atoms with E-state index in [1.807, 2.05) is 0 Å². The maximum Gasteiger partial charge on any atom is -0.0380 e. The summed E-state index contributed by atoms with van der Waals surface area (Å²) in [5, 5.41) is 0. The molecule has 2 rings (SSSR count). The van der Waals surface area contributed by atoms with Crippen molar-refractivity contribution >= 4 is 0 Å². The van der Waals surface area contributed by atoms with Crippen LogP contribution >= 0.6 is 0 Å². The second-order valence-corrected chi connectivity index (χ2v) is 5.41. The zero-order chi connectivity index (χ0) is 9.64. The summed E-state index contributed by atoms with van der Waals surface area (Å²) in [5.74, 6) is 2.13. The Labute approximate surface area is 89.5 Å². The van der Waals surface area contributed by atoms with Crippen LogP contribution in [-0.2, 0) is 0 Å². The van der Waals surface area contributed by atoms with E-state index < -0.39 is 0 Å². The highest BCUT2D eigenvalue weighted by atomic mass is 14.2. The highest BCUT2D eigenvalue weighted by molar-refractivity contribution is 4.79. The minimum absolute atomic E-state index is 1.06. The molecule has 0 amide bonds. The lowest BCUT2D eigenvalue weighted by Gasteiger charge is -2.21. The molecule has 0 spiro atoms. The summed E-state index contributed by atoms with van der Waals surface area (Å²) in [6.45, 7) is 0. The van der Waals surface area contributed by atoms with Crippen LogP contribution in [0.5, 0.6) is 0 Å². The Balaban J connectivity index is 1.52. The van der Waals surface area contributed by atoms with Crippen LogP contribution in [0.25, 0.3) is 0 Å². The first-order chi connectivity index (χ1) is 6.95. The Morgan fingerprint density at radius 1 is 0.643 bits per heavy atom. The first-order valence-corrected chi connectivity index (χ1v) is 6.77. The van der Waals surface area contributed by atoms with E-state index in [0.717, 1.165) is 11.8 Å². The van der Waals surface area contributed by atoms with E-state index in [2.05, 4.69) is 6.42 Å². The van der Waals surface area contributed by atoms with Gasteiger partial charge in [-0.1, -0.05) is 57.8 Å². The van der Waals surface area contributed by atoms with Crippen molar-refractivity contribution in [1.29, 1.82) is 0 Å². The summed E-state index contributed by atoms with van der Waals surface area (Å²) in [6.07, 6.45) is 19.0. The molecular weight excluding hydrogens is 168 g/mol. The van der Waals surface area contributed by atoms with E-state index in [9.17, 15) is 0 Å². The van der Waals surface area contributed by atoms with Gasteiger partial charge in [0.1, 0.15) is 0 Å². The SMILES string of the molecule is [CH](CC1CCCCC1)CC1CCCC1. The molecule has 0 unspecified atom stereocenters. The number of hydrogen-bond donors (Lipinski definition) is 0. The predicted octanol–water partition coefficient (Wildman–Crippen LogP) is 4.74. The average Bonchev–Trinajstić information content (AvgIpc) is 2.72. The summed E-state index contributed by atoms with van der Waals surface area (Å²) in [5.41, 5.74) is 0. The van der Waals surface area contributed by atoms with E-state index in [1.165, 1.54) is 70.6 Å². The minimum atomic E-state index is 1.06. The lowest BCUT2D eigenvalue weighted by atomic mass is 9.85. The van der Waals surface area contributed by atoms with Gasteiger partial charge < -0.3 is 0 Å². The monoisotopic (exact) mass is 193 g/mol. The Morgan fingerprint density at radius 3 is 1.57 bits per heavy atom. The van der Waals surface area contributed by atoms with Crippen LogP contribution in [0.1, 0.15) is 70.6 Å². The normalized spacial score (nSPS) is 25.7. The van der Waals surface area contributed by atoms with Crippen LogP contribution in [0.4, 0.5) is 0 Å². The van der Waals surface area contributed by atoms with Crippen molar-refractivity contribution in [2.75, 3.05) is 0 Å². The Kier molecular flexibility index (Phi) is 4.34. The maximum absolute atomic E-state index is 2.62. The van der Waals surface area contributed by atoms with Gasteiger partial charge in [0.25, 0.3) is 0 Å². The second kappa shape index (κ2) is 5.78. The molecule has 0 N–H and O–H groups in total. The van der Waals surface area contributed by atoms with Crippen LogP contribution in [0, 0.1) is 18.3 Å². The summed E-state index contributed by atoms with van der Waals surface area (Å²) >= 11 is 0. The van der Waals surface area contributed by atoms with Crippen LogP contribution in [-0.4, -0.2) is 0 Å². The third kappa shape index (κ3) is 3.29. The van der Waals surface area contributed by atoms with Crippen molar-refractivity contribution in [3.8, 4) is 0 Å². The zero-order valence-electron chi connectivity index (χ0n) is 9.51. The number of hydrogen-bond acceptors (Lipinski definition) is 0. The molecule has 81 valence electrons. The second-order valence-electron chi connectivity index (χ2n) is 5.41. The van der Waals surface area contributed by atoms with Gasteiger partial charge in [-0.25, -0.2) is 0 Å². The molecule has 2 saturated carbocycles. The van der Waals surface area contributed by atoms with Crippen molar-refractivity contribution in [2.24, 2.45) is 11.8 Å². The van der Waals surface area contributed by atoms with Gasteiger partial charge in [0, 0.05) is 0 Å². The molecule has 14 heavy (non-hydrogen) atoms. The summed E-state index contributed by atoms with van der Waals surface area (Å²) in [4.78, 5) is 0. The van der Waals surface area contributed by atoms with Crippen molar-refractivity contribution < 1.29 is 0 Å². The third-order valence-electron chi connectivity index (χ3n) is 4.20. The molecule has 2 aliphatic rings. The van der Waals surface area contributed by atoms with E-state index in [4.69, 9.17) is 0 Å². The van der Waals surface area contributed by atoms with Crippen molar-refractivity contribution in [3.63, 3.8) is 0 Å². The topological polar surface area (TPSA) is 0 Å². The Bertz CT molecular complexity index is 138. The highest BCUT2D eigenvalue weighted by Crippen LogP contribution is 2.32. The van der Waals surface area contributed by atoms with E-state index >= 15 is 0 Å². The Morgan fingerprint density at radius 2 is 1.07 bits per heavy atom. The Hall–Kier alpha value is 0. The first kappa shape index (κ1) is 10.5. The predicted molar refractivity (Wildman–Crippen MR) is 62.1 cm³/mol. The molecule has 0 atom stereocenters. The highest BCUT2D eigenvalue weighted by Gasteiger charge is 2.17. The van der Waals surface area contributed by atoms with Gasteiger partial charge in [-0.05, 0) is 31.1 Å². The number of rotatable bonds is 4. The molecular formula is C14H25. The molecule has 0 aromatic heterocycles. The first-order valence-electron chi connectivity index (χ1n) is 6.77. The van der Waals surface area contributed by atoms with Crippen LogP contribution in [0.3, 0.4) is 0 Å². The molecule has 0 aromatic carbocycles. The van der Waals surface area contributed by atoms with Gasteiger partial charge in [-0.3, -0.25) is 0 Å². The quantitative estimate of drug-likeness (QED) is 0.605. The van der Waals surface area contributed by atoms with Crippen LogP contribution in [0.2, 0.25) is 0 Å². The minimum Gasteiger partial charge on any atom is -0.0533 e. The smallest absolute Gasteiger partial charge is 0.0380 e. The summed E-state index contributed by atoms with van der Waals surface area (Å²) in [6, 6.07) is 0. The van der Waals surface area contributed by atoms with Crippen molar-refractivity contribution in [3.05, 3.63) is 6.42 Å². The molecule has 1 radical (unpaired) electrons. The molecule has 2 aliphatic carbocycles. The third-order valence-corrected chi connectivity index (χ3v) is 4.20. The van der Waals surface area contributed by atoms with Crippen LogP contribution in [0.15, 0.2) is 0 Å². The molecule has 0 aliphatic heterocycles. The summed E-state index contributed by atoms with van der Waals surface area (Å²) in [7, 11) is 0.